The van der Waals surface area contributed by atoms with Gasteiger partial charge >= 0.3 is 5.97 Å². The zero-order chi connectivity index (χ0) is 15.5. The number of hydrogen-bond donors (Lipinski definition) is 2. The molecule has 0 aliphatic rings. The molecule has 112 valence electrons. The lowest BCUT2D eigenvalue weighted by atomic mass is 10.3. The highest BCUT2D eigenvalue weighted by Gasteiger charge is 2.18. The van der Waals surface area contributed by atoms with Crippen molar-refractivity contribution >= 4 is 27.3 Å². The van der Waals surface area contributed by atoms with Gasteiger partial charge in [-0.05, 0) is 11.6 Å². The molecule has 0 saturated heterocycles. The number of methoxy groups -OCH3 is 1. The van der Waals surface area contributed by atoms with Crippen LogP contribution in [0.15, 0.2) is 34.0 Å². The van der Waals surface area contributed by atoms with Gasteiger partial charge in [-0.2, -0.15) is 0 Å². The molecule has 0 radical (unpaired) electrons. The number of carboxylic acid groups (broad SMARTS) is 1. The van der Waals surface area contributed by atoms with Crippen molar-refractivity contribution in [2.24, 2.45) is 0 Å². The van der Waals surface area contributed by atoms with Crippen LogP contribution in [0.1, 0.15) is 15.9 Å². The minimum atomic E-state index is -3.74. The first kappa shape index (κ1) is 15.4. The summed E-state index contributed by atoms with van der Waals surface area (Å²) in [5, 5.41) is 10.1. The Kier molecular flexibility index (Phi) is 4.56. The van der Waals surface area contributed by atoms with E-state index in [1.165, 1.54) is 18.7 Å². The molecular formula is C12H12N2O5S2. The van der Waals surface area contributed by atoms with Gasteiger partial charge in [-0.1, -0.05) is 6.07 Å². The summed E-state index contributed by atoms with van der Waals surface area (Å²) < 4.78 is 31.3. The molecule has 0 unspecified atom stereocenters. The molecule has 2 rings (SSSR count). The molecule has 2 aromatic rings. The number of thiophene rings is 1. The molecule has 0 aromatic carbocycles. The van der Waals surface area contributed by atoms with Crippen molar-refractivity contribution in [3.8, 4) is 5.88 Å². The first-order valence-electron chi connectivity index (χ1n) is 5.73. The van der Waals surface area contributed by atoms with Crippen LogP contribution in [-0.2, 0) is 16.6 Å². The number of aromatic nitrogens is 1. The number of hydrogen-bond acceptors (Lipinski definition) is 6. The Balaban J connectivity index is 2.07. The average molecular weight is 328 g/mol. The van der Waals surface area contributed by atoms with Gasteiger partial charge < -0.3 is 9.84 Å². The predicted molar refractivity (Wildman–Crippen MR) is 76.1 cm³/mol. The fourth-order valence-corrected chi connectivity index (χ4v) is 3.67. The van der Waals surface area contributed by atoms with E-state index in [2.05, 4.69) is 9.71 Å². The van der Waals surface area contributed by atoms with Gasteiger partial charge in [-0.25, -0.2) is 22.9 Å². The monoisotopic (exact) mass is 328 g/mol. The number of ether oxygens (including phenoxy) is 1. The molecule has 0 aliphatic carbocycles. The maximum atomic E-state index is 12.0. The van der Waals surface area contributed by atoms with Crippen molar-refractivity contribution < 1.29 is 23.1 Å². The van der Waals surface area contributed by atoms with Gasteiger partial charge in [-0.3, -0.25) is 0 Å². The van der Waals surface area contributed by atoms with E-state index in [4.69, 9.17) is 9.84 Å². The van der Waals surface area contributed by atoms with Crippen LogP contribution >= 0.6 is 11.3 Å². The molecule has 7 nitrogen and oxygen atoms in total. The third kappa shape index (κ3) is 3.78. The van der Waals surface area contributed by atoms with Crippen molar-refractivity contribution in [2.45, 2.75) is 10.8 Å². The van der Waals surface area contributed by atoms with Gasteiger partial charge in [0.1, 0.15) is 4.21 Å². The fraction of sp³-hybridized carbons (Fsp3) is 0.167. The van der Waals surface area contributed by atoms with E-state index in [0.717, 1.165) is 17.4 Å². The van der Waals surface area contributed by atoms with Crippen LogP contribution < -0.4 is 9.46 Å². The number of pyridine rings is 1. The summed E-state index contributed by atoms with van der Waals surface area (Å²) in [4.78, 5) is 14.7. The third-order valence-electron chi connectivity index (χ3n) is 2.56. The summed E-state index contributed by atoms with van der Waals surface area (Å²) in [6.45, 7) is 0.0552. The van der Waals surface area contributed by atoms with Gasteiger partial charge in [0.05, 0.1) is 12.7 Å². The molecule has 0 bridgehead atoms. The summed E-state index contributed by atoms with van der Waals surface area (Å²) in [5.41, 5.74) is 0.612. The van der Waals surface area contributed by atoms with Crippen molar-refractivity contribution in [1.29, 1.82) is 0 Å². The van der Waals surface area contributed by atoms with Crippen LogP contribution in [0.4, 0.5) is 0 Å². The standard InChI is InChI=1S/C12H12N2O5S2/c1-19-10-3-2-8(5-13-10)6-14-21(17,18)11-4-9(7-20-11)12(15)16/h2-5,7,14H,6H2,1H3,(H,15,16). The Morgan fingerprint density at radius 1 is 1.48 bits per heavy atom. The Bertz CT molecular complexity index is 737. The SMILES string of the molecule is COc1ccc(CNS(=O)(=O)c2cc(C(=O)O)cs2)cn1. The lowest BCUT2D eigenvalue weighted by Crippen LogP contribution is -2.22. The molecule has 2 N–H and O–H groups in total. The van der Waals surface area contributed by atoms with Crippen LogP contribution in [0.2, 0.25) is 0 Å². The third-order valence-corrected chi connectivity index (χ3v) is 5.40. The highest BCUT2D eigenvalue weighted by molar-refractivity contribution is 7.91. The molecular weight excluding hydrogens is 316 g/mol. The Morgan fingerprint density at radius 3 is 2.76 bits per heavy atom. The van der Waals surface area contributed by atoms with Crippen molar-refractivity contribution in [3.63, 3.8) is 0 Å². The van der Waals surface area contributed by atoms with Gasteiger partial charge in [0, 0.05) is 24.2 Å². The number of aromatic carboxylic acids is 1. The quantitative estimate of drug-likeness (QED) is 0.828. The second-order valence-electron chi connectivity index (χ2n) is 3.99. The van der Waals surface area contributed by atoms with E-state index in [1.807, 2.05) is 0 Å². The number of nitrogens with zero attached hydrogens (tertiary/aromatic N) is 1. The normalized spacial score (nSPS) is 11.3. The number of carboxylic acids is 1. The predicted octanol–water partition coefficient (Wildman–Crippen LogP) is 1.33. The number of rotatable bonds is 6. The van der Waals surface area contributed by atoms with E-state index in [-0.39, 0.29) is 16.3 Å². The molecule has 0 saturated carbocycles. The van der Waals surface area contributed by atoms with Crippen LogP contribution in [0.3, 0.4) is 0 Å². The summed E-state index contributed by atoms with van der Waals surface area (Å²) >= 11 is 0.859. The van der Waals surface area contributed by atoms with E-state index < -0.39 is 16.0 Å². The van der Waals surface area contributed by atoms with Crippen molar-refractivity contribution in [1.82, 2.24) is 9.71 Å². The Morgan fingerprint density at radius 2 is 2.24 bits per heavy atom. The van der Waals surface area contributed by atoms with E-state index in [1.54, 1.807) is 12.1 Å². The summed E-state index contributed by atoms with van der Waals surface area (Å²) in [7, 11) is -2.25. The van der Waals surface area contributed by atoms with E-state index in [0.29, 0.717) is 11.4 Å². The number of carbonyl (C=O) groups is 1. The number of sulfonamides is 1. The fourth-order valence-electron chi connectivity index (χ4n) is 1.46. The molecule has 21 heavy (non-hydrogen) atoms. The first-order chi connectivity index (χ1) is 9.92. The topological polar surface area (TPSA) is 106 Å². The van der Waals surface area contributed by atoms with Crippen LogP contribution in [-0.4, -0.2) is 31.6 Å². The lowest BCUT2D eigenvalue weighted by Gasteiger charge is -2.05. The van der Waals surface area contributed by atoms with Gasteiger partial charge in [0.2, 0.25) is 15.9 Å². The molecule has 0 spiro atoms. The smallest absolute Gasteiger partial charge is 0.336 e. The maximum absolute atomic E-state index is 12.0. The van der Waals surface area contributed by atoms with Gasteiger partial charge in [0.15, 0.2) is 0 Å². The number of nitrogens with one attached hydrogen (secondary N) is 1. The molecule has 2 heterocycles. The molecule has 0 amide bonds. The zero-order valence-electron chi connectivity index (χ0n) is 10.9. The Labute approximate surface area is 125 Å². The second-order valence-corrected chi connectivity index (χ2v) is 6.90. The maximum Gasteiger partial charge on any atom is 0.336 e. The van der Waals surface area contributed by atoms with Crippen LogP contribution in [0, 0.1) is 0 Å². The summed E-state index contributed by atoms with van der Waals surface area (Å²) in [6, 6.07) is 4.43. The second kappa shape index (κ2) is 6.20. The minimum absolute atomic E-state index is 0.0404. The first-order valence-corrected chi connectivity index (χ1v) is 8.09. The highest BCUT2D eigenvalue weighted by Crippen LogP contribution is 2.20. The molecule has 0 atom stereocenters. The van der Waals surface area contributed by atoms with Crippen LogP contribution in [0.5, 0.6) is 5.88 Å². The van der Waals surface area contributed by atoms with Crippen molar-refractivity contribution in [2.75, 3.05) is 7.11 Å². The van der Waals surface area contributed by atoms with Gasteiger partial charge in [-0.15, -0.1) is 11.3 Å². The largest absolute Gasteiger partial charge is 0.481 e. The average Bonchev–Trinajstić information content (AvgIpc) is 2.97. The molecule has 2 aromatic heterocycles. The summed E-state index contributed by atoms with van der Waals surface area (Å²) in [6.07, 6.45) is 1.50. The van der Waals surface area contributed by atoms with Crippen LogP contribution in [0.25, 0.3) is 0 Å². The van der Waals surface area contributed by atoms with E-state index >= 15 is 0 Å². The highest BCUT2D eigenvalue weighted by atomic mass is 32.2. The lowest BCUT2D eigenvalue weighted by molar-refractivity contribution is 0.0697. The Hall–Kier alpha value is -1.97. The molecule has 0 fully saturated rings. The van der Waals surface area contributed by atoms with Gasteiger partial charge in [0.25, 0.3) is 0 Å². The molecule has 9 heteroatoms. The molecule has 0 aliphatic heterocycles. The summed E-state index contributed by atoms with van der Waals surface area (Å²) in [5.74, 6) is -0.724. The minimum Gasteiger partial charge on any atom is -0.481 e. The van der Waals surface area contributed by atoms with Crippen molar-refractivity contribution in [3.05, 3.63) is 40.9 Å². The zero-order valence-corrected chi connectivity index (χ0v) is 12.6. The van der Waals surface area contributed by atoms with E-state index in [9.17, 15) is 13.2 Å².